The monoisotopic (exact) mass is 469 g/mol. The van der Waals surface area contributed by atoms with Gasteiger partial charge in [-0.15, -0.1) is 0 Å². The van der Waals surface area contributed by atoms with Crippen LogP contribution in [0, 0.1) is 0 Å². The van der Waals surface area contributed by atoms with E-state index in [2.05, 4.69) is 71.2 Å². The first-order chi connectivity index (χ1) is 17.2. The Kier molecular flexibility index (Phi) is 6.95. The number of benzene rings is 2. The lowest BCUT2D eigenvalue weighted by molar-refractivity contribution is 0.269. The lowest BCUT2D eigenvalue weighted by Gasteiger charge is -2.31. The zero-order valence-corrected chi connectivity index (χ0v) is 20.9. The largest absolute Gasteiger partial charge is 0.370 e. The van der Waals surface area contributed by atoms with Crippen LogP contribution < -0.4 is 10.2 Å². The molecule has 0 amide bonds. The molecular weight excluding hydrogens is 434 g/mol. The molecule has 1 aliphatic heterocycles. The number of hydrogen-bond donors (Lipinski definition) is 1. The summed E-state index contributed by atoms with van der Waals surface area (Å²) in [5.74, 6) is 1.40. The van der Waals surface area contributed by atoms with Crippen molar-refractivity contribution in [1.29, 1.82) is 0 Å². The average molecular weight is 470 g/mol. The molecule has 1 unspecified atom stereocenters. The van der Waals surface area contributed by atoms with Crippen molar-refractivity contribution in [3.63, 3.8) is 0 Å². The summed E-state index contributed by atoms with van der Waals surface area (Å²) < 4.78 is 2.03. The number of imidazole rings is 1. The first-order valence-corrected chi connectivity index (χ1v) is 12.8. The Hall–Kier alpha value is -3.45. The number of likely N-dealkylation sites (tertiary alicyclic amines) is 1. The van der Waals surface area contributed by atoms with Gasteiger partial charge in [0, 0.05) is 31.0 Å². The normalized spacial score (nSPS) is 17.1. The zero-order chi connectivity index (χ0) is 24.2. The molecule has 0 saturated carbocycles. The maximum Gasteiger partial charge on any atom is 0.225 e. The van der Waals surface area contributed by atoms with Crippen LogP contribution in [-0.4, -0.2) is 56.6 Å². The van der Waals surface area contributed by atoms with Gasteiger partial charge in [0.15, 0.2) is 0 Å². The summed E-state index contributed by atoms with van der Waals surface area (Å²) in [4.78, 5) is 19.0. The van der Waals surface area contributed by atoms with Gasteiger partial charge in [-0.1, -0.05) is 37.3 Å². The van der Waals surface area contributed by atoms with E-state index in [4.69, 9.17) is 9.97 Å². The van der Waals surface area contributed by atoms with Gasteiger partial charge >= 0.3 is 0 Å². The molecule has 7 heteroatoms. The Bertz CT molecular complexity index is 1250. The Labute approximate surface area is 207 Å². The van der Waals surface area contributed by atoms with Gasteiger partial charge in [-0.05, 0) is 69.6 Å². The summed E-state index contributed by atoms with van der Waals surface area (Å²) in [6.45, 7) is 11.0. The van der Waals surface area contributed by atoms with E-state index in [1.165, 1.54) is 30.6 Å². The summed E-state index contributed by atoms with van der Waals surface area (Å²) in [6.07, 6.45) is 6.24. The molecule has 1 saturated heterocycles. The third kappa shape index (κ3) is 5.00. The highest BCUT2D eigenvalue weighted by atomic mass is 15.2. The number of nitrogens with one attached hydrogen (secondary N) is 1. The second kappa shape index (κ2) is 10.4. The maximum absolute atomic E-state index is 4.78. The maximum atomic E-state index is 4.78. The van der Waals surface area contributed by atoms with E-state index in [-0.39, 0.29) is 6.04 Å². The zero-order valence-electron chi connectivity index (χ0n) is 20.9. The van der Waals surface area contributed by atoms with Crippen LogP contribution in [0.5, 0.6) is 0 Å². The van der Waals surface area contributed by atoms with Crippen molar-refractivity contribution in [3.8, 4) is 5.82 Å². The first kappa shape index (κ1) is 23.3. The molecule has 2 atom stereocenters. The van der Waals surface area contributed by atoms with E-state index in [9.17, 15) is 0 Å². The molecule has 4 aromatic rings. The molecule has 2 aromatic heterocycles. The molecule has 2 aromatic carbocycles. The van der Waals surface area contributed by atoms with Gasteiger partial charge in [0.2, 0.25) is 5.95 Å². The molecule has 0 spiro atoms. The van der Waals surface area contributed by atoms with Crippen LogP contribution in [0.3, 0.4) is 0 Å². The van der Waals surface area contributed by atoms with Crippen LogP contribution in [0.2, 0.25) is 0 Å². The third-order valence-corrected chi connectivity index (χ3v) is 7.15. The van der Waals surface area contributed by atoms with Gasteiger partial charge in [0.05, 0.1) is 17.1 Å². The number of rotatable bonds is 9. The minimum Gasteiger partial charge on any atom is -0.370 e. The van der Waals surface area contributed by atoms with E-state index in [0.717, 1.165) is 36.5 Å². The van der Waals surface area contributed by atoms with Crippen LogP contribution in [0.15, 0.2) is 67.1 Å². The standard InChI is InChI=1S/C28H35N7/c1-4-33-17-9-12-24(33)19-34(5-2)23-13-14-26-25(18-23)30-20-35(26)27-15-16-29-28(32-27)31-21(3)22-10-7-6-8-11-22/h6-8,10-11,13-16,18,20-21,24H,4-5,9,12,17,19H2,1-3H3,(H,29,31,32)/t21-,24?/m0/s1. The second-order valence-electron chi connectivity index (χ2n) is 9.27. The van der Waals surface area contributed by atoms with Crippen molar-refractivity contribution in [3.05, 3.63) is 72.7 Å². The van der Waals surface area contributed by atoms with Crippen LogP contribution in [-0.2, 0) is 0 Å². The van der Waals surface area contributed by atoms with Gasteiger partial charge in [-0.2, -0.15) is 4.98 Å². The number of likely N-dealkylation sites (N-methyl/N-ethyl adjacent to an activating group) is 2. The van der Waals surface area contributed by atoms with E-state index >= 15 is 0 Å². The fraction of sp³-hybridized carbons (Fsp3) is 0.393. The van der Waals surface area contributed by atoms with Crippen LogP contribution >= 0.6 is 0 Å². The number of hydrogen-bond acceptors (Lipinski definition) is 6. The van der Waals surface area contributed by atoms with Crippen molar-refractivity contribution in [2.75, 3.05) is 36.4 Å². The molecule has 0 aliphatic carbocycles. The summed E-state index contributed by atoms with van der Waals surface area (Å²) in [6, 6.07) is 19.6. The minimum atomic E-state index is 0.108. The smallest absolute Gasteiger partial charge is 0.225 e. The Morgan fingerprint density at radius 2 is 1.94 bits per heavy atom. The van der Waals surface area contributed by atoms with Gasteiger partial charge in [-0.3, -0.25) is 9.47 Å². The highest BCUT2D eigenvalue weighted by molar-refractivity contribution is 5.81. The average Bonchev–Trinajstić information content (AvgIpc) is 3.54. The summed E-state index contributed by atoms with van der Waals surface area (Å²) in [5, 5.41) is 3.42. The Morgan fingerprint density at radius 3 is 2.74 bits per heavy atom. The van der Waals surface area contributed by atoms with Gasteiger partial charge in [-0.25, -0.2) is 9.97 Å². The third-order valence-electron chi connectivity index (χ3n) is 7.15. The lowest BCUT2D eigenvalue weighted by atomic mass is 10.1. The molecule has 0 bridgehead atoms. The highest BCUT2D eigenvalue weighted by Crippen LogP contribution is 2.26. The summed E-state index contributed by atoms with van der Waals surface area (Å²) >= 11 is 0. The van der Waals surface area contributed by atoms with Gasteiger partial charge < -0.3 is 10.2 Å². The van der Waals surface area contributed by atoms with Crippen molar-refractivity contribution >= 4 is 22.7 Å². The molecule has 35 heavy (non-hydrogen) atoms. The molecule has 1 aliphatic rings. The van der Waals surface area contributed by atoms with Crippen molar-refractivity contribution in [2.45, 2.75) is 45.7 Å². The van der Waals surface area contributed by atoms with Crippen LogP contribution in [0.25, 0.3) is 16.9 Å². The van der Waals surface area contributed by atoms with E-state index in [1.807, 2.05) is 35.2 Å². The predicted molar refractivity (Wildman–Crippen MR) is 143 cm³/mol. The van der Waals surface area contributed by atoms with E-state index < -0.39 is 0 Å². The summed E-state index contributed by atoms with van der Waals surface area (Å²) in [7, 11) is 0. The van der Waals surface area contributed by atoms with Crippen LogP contribution in [0.4, 0.5) is 11.6 Å². The number of nitrogens with zero attached hydrogens (tertiary/aromatic N) is 6. The second-order valence-corrected chi connectivity index (χ2v) is 9.27. The fourth-order valence-electron chi connectivity index (χ4n) is 5.14. The molecule has 3 heterocycles. The van der Waals surface area contributed by atoms with Gasteiger partial charge in [0.25, 0.3) is 0 Å². The highest BCUT2D eigenvalue weighted by Gasteiger charge is 2.25. The molecule has 0 radical (unpaired) electrons. The molecular formula is C28H35N7. The SMILES string of the molecule is CCN(CC1CCCN1CC)c1ccc2c(c1)ncn2-c1ccnc(N[C@@H](C)c2ccccc2)n1. The number of anilines is 2. The van der Waals surface area contributed by atoms with Gasteiger partial charge in [0.1, 0.15) is 12.1 Å². The number of fused-ring (bicyclic) bond motifs is 1. The predicted octanol–water partition coefficient (Wildman–Crippen LogP) is 5.30. The Balaban J connectivity index is 1.36. The summed E-state index contributed by atoms with van der Waals surface area (Å²) in [5.41, 5.74) is 4.45. The molecule has 1 N–H and O–H groups in total. The Morgan fingerprint density at radius 1 is 1.09 bits per heavy atom. The van der Waals surface area contributed by atoms with Crippen molar-refractivity contribution in [2.24, 2.45) is 0 Å². The minimum absolute atomic E-state index is 0.108. The van der Waals surface area contributed by atoms with Crippen molar-refractivity contribution in [1.82, 2.24) is 24.4 Å². The molecule has 1 fully saturated rings. The number of aromatic nitrogens is 4. The molecule has 5 rings (SSSR count). The lowest BCUT2D eigenvalue weighted by Crippen LogP contribution is -2.40. The quantitative estimate of drug-likeness (QED) is 0.359. The van der Waals surface area contributed by atoms with E-state index in [1.54, 1.807) is 6.20 Å². The topological polar surface area (TPSA) is 62.1 Å². The van der Waals surface area contributed by atoms with E-state index in [0.29, 0.717) is 12.0 Å². The molecule has 7 nitrogen and oxygen atoms in total. The van der Waals surface area contributed by atoms with Crippen LogP contribution in [0.1, 0.15) is 45.2 Å². The first-order valence-electron chi connectivity index (χ1n) is 12.8. The fourth-order valence-corrected chi connectivity index (χ4v) is 5.14. The molecule has 182 valence electrons. The van der Waals surface area contributed by atoms with Crippen molar-refractivity contribution < 1.29 is 0 Å².